The van der Waals surface area contributed by atoms with Crippen molar-refractivity contribution in [2.24, 2.45) is 0 Å². The highest BCUT2D eigenvalue weighted by Crippen LogP contribution is 2.26. The lowest BCUT2D eigenvalue weighted by Gasteiger charge is -2.34. The molecule has 0 aliphatic carbocycles. The van der Waals surface area contributed by atoms with Gasteiger partial charge in [-0.1, -0.05) is 47.5 Å². The summed E-state index contributed by atoms with van der Waals surface area (Å²) in [5.74, 6) is 0.874. The van der Waals surface area contributed by atoms with E-state index in [0.29, 0.717) is 12.2 Å². The minimum absolute atomic E-state index is 0.0776. The maximum atomic E-state index is 13.0. The largest absolute Gasteiger partial charge is 0.489 e. The lowest BCUT2D eigenvalue weighted by atomic mass is 10.1. The van der Waals surface area contributed by atoms with Crippen LogP contribution in [-0.2, 0) is 13.2 Å². The third-order valence-electron chi connectivity index (χ3n) is 5.97. The molecule has 0 atom stereocenters. The number of aryl methyl sites for hydroxylation is 2. The molecule has 0 radical (unpaired) electrons. The highest BCUT2D eigenvalue weighted by molar-refractivity contribution is 6.32. The van der Waals surface area contributed by atoms with Crippen LogP contribution in [0.3, 0.4) is 0 Å². The second-order valence-electron chi connectivity index (χ2n) is 8.55. The van der Waals surface area contributed by atoms with E-state index in [1.54, 1.807) is 0 Å². The van der Waals surface area contributed by atoms with Gasteiger partial charge in [-0.2, -0.15) is 0 Å². The second-order valence-corrected chi connectivity index (χ2v) is 9.37. The summed E-state index contributed by atoms with van der Waals surface area (Å²) < 4.78 is 5.93. The fourth-order valence-electron chi connectivity index (χ4n) is 4.08. The molecule has 0 unspecified atom stereocenters. The van der Waals surface area contributed by atoms with Gasteiger partial charge in [0.25, 0.3) is 5.91 Å². The Hall–Kier alpha value is -2.53. The second kappa shape index (κ2) is 10.6. The molecule has 1 amide bonds. The van der Waals surface area contributed by atoms with E-state index < -0.39 is 0 Å². The monoisotopic (exact) mass is 482 g/mol. The van der Waals surface area contributed by atoms with E-state index in [1.165, 1.54) is 5.56 Å². The van der Waals surface area contributed by atoms with Crippen LogP contribution in [0.2, 0.25) is 10.0 Å². The Bertz CT molecular complexity index is 1100. The van der Waals surface area contributed by atoms with E-state index in [1.807, 2.05) is 73.3 Å². The molecule has 0 saturated carbocycles. The Morgan fingerprint density at radius 1 is 0.879 bits per heavy atom. The number of hydrogen-bond donors (Lipinski definition) is 0. The van der Waals surface area contributed by atoms with Gasteiger partial charge in [0, 0.05) is 48.3 Å². The van der Waals surface area contributed by atoms with Gasteiger partial charge in [-0.05, 0) is 72.5 Å². The van der Waals surface area contributed by atoms with Gasteiger partial charge in [-0.15, -0.1) is 0 Å². The summed E-state index contributed by atoms with van der Waals surface area (Å²) >= 11 is 12.3. The number of nitrogens with zero attached hydrogens (tertiary/aromatic N) is 2. The van der Waals surface area contributed by atoms with E-state index in [4.69, 9.17) is 27.9 Å². The molecule has 0 N–H and O–H groups in total. The fraction of sp³-hybridized carbons (Fsp3) is 0.296. The molecule has 4 rings (SSSR count). The van der Waals surface area contributed by atoms with Crippen molar-refractivity contribution in [1.82, 2.24) is 9.80 Å². The SMILES string of the molecule is Cc1cc(OCc2ccc(C(=O)N3CCN(Cc4cccc(Cl)c4)CC3)cc2)cc(C)c1Cl. The van der Waals surface area contributed by atoms with Gasteiger partial charge in [0.15, 0.2) is 0 Å². The normalized spacial score (nSPS) is 14.4. The molecule has 1 fully saturated rings. The van der Waals surface area contributed by atoms with Crippen molar-refractivity contribution in [3.05, 3.63) is 98.5 Å². The average molecular weight is 483 g/mol. The molecule has 1 saturated heterocycles. The highest BCUT2D eigenvalue weighted by Gasteiger charge is 2.22. The van der Waals surface area contributed by atoms with Crippen LogP contribution in [0.1, 0.15) is 32.6 Å². The van der Waals surface area contributed by atoms with E-state index in [0.717, 1.165) is 65.2 Å². The van der Waals surface area contributed by atoms with Crippen molar-refractivity contribution in [3.63, 3.8) is 0 Å². The molecule has 1 heterocycles. The van der Waals surface area contributed by atoms with Crippen LogP contribution in [0.5, 0.6) is 5.75 Å². The Kier molecular flexibility index (Phi) is 7.59. The quantitative estimate of drug-likeness (QED) is 0.422. The number of amides is 1. The zero-order valence-corrected chi connectivity index (χ0v) is 20.5. The number of halogens is 2. The van der Waals surface area contributed by atoms with Crippen LogP contribution in [0.25, 0.3) is 0 Å². The Balaban J connectivity index is 1.29. The van der Waals surface area contributed by atoms with Gasteiger partial charge in [-0.25, -0.2) is 0 Å². The number of benzene rings is 3. The summed E-state index contributed by atoms with van der Waals surface area (Å²) in [5, 5.41) is 1.53. The van der Waals surface area contributed by atoms with Crippen molar-refractivity contribution in [2.45, 2.75) is 27.0 Å². The fourth-order valence-corrected chi connectivity index (χ4v) is 4.41. The van der Waals surface area contributed by atoms with Crippen molar-refractivity contribution in [1.29, 1.82) is 0 Å². The van der Waals surface area contributed by atoms with Crippen molar-refractivity contribution in [2.75, 3.05) is 26.2 Å². The molecule has 0 aromatic heterocycles. The summed E-state index contributed by atoms with van der Waals surface area (Å²) in [5.41, 5.74) is 4.92. The van der Waals surface area contributed by atoms with Gasteiger partial charge in [0.05, 0.1) is 0 Å². The predicted molar refractivity (Wildman–Crippen MR) is 134 cm³/mol. The topological polar surface area (TPSA) is 32.8 Å². The van der Waals surface area contributed by atoms with Crippen LogP contribution >= 0.6 is 23.2 Å². The first-order valence-corrected chi connectivity index (χ1v) is 11.9. The lowest BCUT2D eigenvalue weighted by Crippen LogP contribution is -2.48. The van der Waals surface area contributed by atoms with E-state index in [9.17, 15) is 4.79 Å². The maximum Gasteiger partial charge on any atom is 0.253 e. The Labute approximate surface area is 205 Å². The summed E-state index contributed by atoms with van der Waals surface area (Å²) in [6.07, 6.45) is 0. The van der Waals surface area contributed by atoms with Crippen LogP contribution < -0.4 is 4.74 Å². The first-order chi connectivity index (χ1) is 15.9. The summed E-state index contributed by atoms with van der Waals surface area (Å²) in [6.45, 7) is 8.38. The Morgan fingerprint density at radius 2 is 1.55 bits per heavy atom. The molecule has 172 valence electrons. The van der Waals surface area contributed by atoms with Crippen molar-refractivity contribution < 1.29 is 9.53 Å². The number of rotatable bonds is 6. The lowest BCUT2D eigenvalue weighted by molar-refractivity contribution is 0.0628. The van der Waals surface area contributed by atoms with Gasteiger partial charge in [0.2, 0.25) is 0 Å². The van der Waals surface area contributed by atoms with Crippen molar-refractivity contribution >= 4 is 29.1 Å². The number of ether oxygens (including phenoxy) is 1. The molecule has 1 aliphatic heterocycles. The molecule has 0 spiro atoms. The third kappa shape index (κ3) is 6.08. The molecule has 1 aliphatic rings. The molecule has 0 bridgehead atoms. The van der Waals surface area contributed by atoms with Gasteiger partial charge < -0.3 is 9.64 Å². The van der Waals surface area contributed by atoms with Crippen molar-refractivity contribution in [3.8, 4) is 5.75 Å². The number of piperazine rings is 1. The minimum atomic E-state index is 0.0776. The molecule has 4 nitrogen and oxygen atoms in total. The zero-order chi connectivity index (χ0) is 23.4. The molecule has 33 heavy (non-hydrogen) atoms. The number of hydrogen-bond acceptors (Lipinski definition) is 3. The van der Waals surface area contributed by atoms with E-state index >= 15 is 0 Å². The number of carbonyl (C=O) groups excluding carboxylic acids is 1. The average Bonchev–Trinajstić information content (AvgIpc) is 2.81. The smallest absolute Gasteiger partial charge is 0.253 e. The number of carbonyl (C=O) groups is 1. The van der Waals surface area contributed by atoms with Crippen LogP contribution in [0.15, 0.2) is 60.7 Å². The maximum absolute atomic E-state index is 13.0. The molecular formula is C27H28Cl2N2O2. The van der Waals surface area contributed by atoms with Gasteiger partial charge in [0.1, 0.15) is 12.4 Å². The summed E-state index contributed by atoms with van der Waals surface area (Å²) in [6, 6.07) is 19.5. The van der Waals surface area contributed by atoms with E-state index in [-0.39, 0.29) is 5.91 Å². The minimum Gasteiger partial charge on any atom is -0.489 e. The zero-order valence-electron chi connectivity index (χ0n) is 19.0. The highest BCUT2D eigenvalue weighted by atomic mass is 35.5. The standard InChI is InChI=1S/C27H28Cl2N2O2/c1-19-14-25(15-20(2)26(19)29)33-18-21-6-8-23(9-7-21)27(32)31-12-10-30(11-13-31)17-22-4-3-5-24(28)16-22/h3-9,14-16H,10-13,17-18H2,1-2H3. The third-order valence-corrected chi connectivity index (χ3v) is 6.80. The van der Waals surface area contributed by atoms with Gasteiger partial charge >= 0.3 is 0 Å². The first-order valence-electron chi connectivity index (χ1n) is 11.1. The molecular weight excluding hydrogens is 455 g/mol. The molecule has 3 aromatic carbocycles. The first kappa shape index (κ1) is 23.6. The summed E-state index contributed by atoms with van der Waals surface area (Å²) in [7, 11) is 0. The van der Waals surface area contributed by atoms with Crippen LogP contribution in [0, 0.1) is 13.8 Å². The van der Waals surface area contributed by atoms with Gasteiger partial charge in [-0.3, -0.25) is 9.69 Å². The van der Waals surface area contributed by atoms with E-state index in [2.05, 4.69) is 11.0 Å². The predicted octanol–water partition coefficient (Wildman–Crippen LogP) is 6.15. The molecule has 6 heteroatoms. The van der Waals surface area contributed by atoms with Crippen LogP contribution in [-0.4, -0.2) is 41.9 Å². The summed E-state index contributed by atoms with van der Waals surface area (Å²) in [4.78, 5) is 17.2. The molecule has 3 aromatic rings. The van der Waals surface area contributed by atoms with Crippen LogP contribution in [0.4, 0.5) is 0 Å². The Morgan fingerprint density at radius 3 is 2.18 bits per heavy atom.